The van der Waals surface area contributed by atoms with E-state index in [4.69, 9.17) is 16.3 Å². The van der Waals surface area contributed by atoms with Crippen molar-refractivity contribution in [3.63, 3.8) is 0 Å². The van der Waals surface area contributed by atoms with Crippen LogP contribution in [-0.4, -0.2) is 41.6 Å². The molecule has 2 heterocycles. The third-order valence-electron chi connectivity index (χ3n) is 4.08. The van der Waals surface area contributed by atoms with Crippen molar-refractivity contribution >= 4 is 28.4 Å². The van der Waals surface area contributed by atoms with Crippen molar-refractivity contribution in [1.82, 2.24) is 9.88 Å². The van der Waals surface area contributed by atoms with Crippen LogP contribution in [0.2, 0.25) is 5.02 Å². The molecule has 5 heteroatoms. The SMILES string of the molecule is CCC1CN(C(=O)c2cc3cc(Cl)ccc3nc2C)CCO1. The van der Waals surface area contributed by atoms with Crippen LogP contribution in [0.1, 0.15) is 29.4 Å². The molecular weight excluding hydrogens is 300 g/mol. The lowest BCUT2D eigenvalue weighted by atomic mass is 10.1. The van der Waals surface area contributed by atoms with E-state index >= 15 is 0 Å². The van der Waals surface area contributed by atoms with Gasteiger partial charge in [-0.1, -0.05) is 18.5 Å². The van der Waals surface area contributed by atoms with Gasteiger partial charge in [-0.3, -0.25) is 9.78 Å². The molecule has 0 spiro atoms. The van der Waals surface area contributed by atoms with E-state index in [2.05, 4.69) is 11.9 Å². The number of amides is 1. The Kier molecular flexibility index (Phi) is 4.32. The number of pyridine rings is 1. The van der Waals surface area contributed by atoms with E-state index in [1.807, 2.05) is 36.1 Å². The van der Waals surface area contributed by atoms with Gasteiger partial charge >= 0.3 is 0 Å². The highest BCUT2D eigenvalue weighted by atomic mass is 35.5. The first kappa shape index (κ1) is 15.3. The van der Waals surface area contributed by atoms with Gasteiger partial charge in [-0.15, -0.1) is 0 Å². The summed E-state index contributed by atoms with van der Waals surface area (Å²) in [6.07, 6.45) is 1.04. The Bertz CT molecular complexity index is 717. The first-order valence-corrected chi connectivity index (χ1v) is 7.94. The van der Waals surface area contributed by atoms with E-state index in [-0.39, 0.29) is 12.0 Å². The summed E-state index contributed by atoms with van der Waals surface area (Å²) < 4.78 is 5.63. The first-order chi connectivity index (χ1) is 10.6. The highest BCUT2D eigenvalue weighted by Gasteiger charge is 2.25. The van der Waals surface area contributed by atoms with Gasteiger partial charge in [0.05, 0.1) is 29.5 Å². The molecule has 0 radical (unpaired) electrons. The summed E-state index contributed by atoms with van der Waals surface area (Å²) in [5.41, 5.74) is 2.25. The van der Waals surface area contributed by atoms with Gasteiger partial charge in [0.15, 0.2) is 0 Å². The normalized spacial score (nSPS) is 18.7. The molecule has 1 aromatic heterocycles. The van der Waals surface area contributed by atoms with Crippen molar-refractivity contribution in [3.05, 3.63) is 40.5 Å². The Morgan fingerprint density at radius 3 is 3.05 bits per heavy atom. The molecule has 1 aliphatic rings. The van der Waals surface area contributed by atoms with Gasteiger partial charge < -0.3 is 9.64 Å². The lowest BCUT2D eigenvalue weighted by molar-refractivity contribution is -0.0226. The molecule has 0 N–H and O–H groups in total. The van der Waals surface area contributed by atoms with Gasteiger partial charge in [-0.25, -0.2) is 0 Å². The van der Waals surface area contributed by atoms with Crippen LogP contribution in [0.25, 0.3) is 10.9 Å². The minimum absolute atomic E-state index is 0.0219. The van der Waals surface area contributed by atoms with Gasteiger partial charge in [-0.2, -0.15) is 0 Å². The summed E-state index contributed by atoms with van der Waals surface area (Å²) in [7, 11) is 0. The van der Waals surface area contributed by atoms with Crippen LogP contribution in [0.5, 0.6) is 0 Å². The van der Waals surface area contributed by atoms with Crippen LogP contribution in [0, 0.1) is 6.92 Å². The molecule has 4 nitrogen and oxygen atoms in total. The number of carbonyl (C=O) groups excluding carboxylic acids is 1. The van der Waals surface area contributed by atoms with Crippen molar-refractivity contribution in [2.75, 3.05) is 19.7 Å². The maximum absolute atomic E-state index is 12.8. The Hall–Kier alpha value is -1.65. The number of ether oxygens (including phenoxy) is 1. The summed E-state index contributed by atoms with van der Waals surface area (Å²) in [6.45, 7) is 5.81. The number of hydrogen-bond acceptors (Lipinski definition) is 3. The molecule has 1 atom stereocenters. The summed E-state index contributed by atoms with van der Waals surface area (Å²) in [4.78, 5) is 19.2. The Balaban J connectivity index is 1.94. The van der Waals surface area contributed by atoms with Gasteiger partial charge in [0.1, 0.15) is 0 Å². The Morgan fingerprint density at radius 2 is 2.27 bits per heavy atom. The van der Waals surface area contributed by atoms with E-state index in [1.165, 1.54) is 0 Å². The second-order valence-electron chi connectivity index (χ2n) is 5.61. The third kappa shape index (κ3) is 2.94. The first-order valence-electron chi connectivity index (χ1n) is 7.56. The zero-order chi connectivity index (χ0) is 15.7. The monoisotopic (exact) mass is 318 g/mol. The number of fused-ring (bicyclic) bond motifs is 1. The van der Waals surface area contributed by atoms with E-state index in [0.29, 0.717) is 30.3 Å². The van der Waals surface area contributed by atoms with Crippen LogP contribution in [0.4, 0.5) is 0 Å². The fourth-order valence-corrected chi connectivity index (χ4v) is 2.96. The van der Waals surface area contributed by atoms with Gasteiger partial charge in [0.2, 0.25) is 0 Å². The highest BCUT2D eigenvalue weighted by molar-refractivity contribution is 6.31. The molecule has 2 aromatic rings. The van der Waals surface area contributed by atoms with Crippen LogP contribution < -0.4 is 0 Å². The molecule has 116 valence electrons. The van der Waals surface area contributed by atoms with Crippen molar-refractivity contribution < 1.29 is 9.53 Å². The number of rotatable bonds is 2. The van der Waals surface area contributed by atoms with Crippen LogP contribution in [-0.2, 0) is 4.74 Å². The molecule has 1 amide bonds. The van der Waals surface area contributed by atoms with Crippen LogP contribution >= 0.6 is 11.6 Å². The van der Waals surface area contributed by atoms with Crippen molar-refractivity contribution in [2.45, 2.75) is 26.4 Å². The second-order valence-corrected chi connectivity index (χ2v) is 6.05. The number of morpholine rings is 1. The lowest BCUT2D eigenvalue weighted by Crippen LogP contribution is -2.45. The van der Waals surface area contributed by atoms with Crippen LogP contribution in [0.15, 0.2) is 24.3 Å². The fourth-order valence-electron chi connectivity index (χ4n) is 2.78. The number of halogens is 1. The summed E-state index contributed by atoms with van der Waals surface area (Å²) in [6, 6.07) is 7.42. The van der Waals surface area contributed by atoms with E-state index in [9.17, 15) is 4.79 Å². The smallest absolute Gasteiger partial charge is 0.255 e. The molecular formula is C17H19ClN2O2. The molecule has 1 saturated heterocycles. The van der Waals surface area contributed by atoms with Gasteiger partial charge in [-0.05, 0) is 37.6 Å². The number of hydrogen-bond donors (Lipinski definition) is 0. The zero-order valence-electron chi connectivity index (χ0n) is 12.8. The average molecular weight is 319 g/mol. The summed E-state index contributed by atoms with van der Waals surface area (Å²) >= 11 is 6.04. The zero-order valence-corrected chi connectivity index (χ0v) is 13.6. The number of benzene rings is 1. The number of carbonyl (C=O) groups is 1. The predicted molar refractivity (Wildman–Crippen MR) is 87.4 cm³/mol. The minimum Gasteiger partial charge on any atom is -0.375 e. The maximum atomic E-state index is 12.8. The molecule has 1 unspecified atom stereocenters. The van der Waals surface area contributed by atoms with Crippen molar-refractivity contribution in [1.29, 1.82) is 0 Å². The number of nitrogens with zero attached hydrogens (tertiary/aromatic N) is 2. The van der Waals surface area contributed by atoms with E-state index < -0.39 is 0 Å². The molecule has 1 aliphatic heterocycles. The van der Waals surface area contributed by atoms with Crippen LogP contribution in [0.3, 0.4) is 0 Å². The van der Waals surface area contributed by atoms with Crippen molar-refractivity contribution in [3.8, 4) is 0 Å². The van der Waals surface area contributed by atoms with E-state index in [1.54, 1.807) is 0 Å². The van der Waals surface area contributed by atoms with Gasteiger partial charge in [0, 0.05) is 23.5 Å². The van der Waals surface area contributed by atoms with Gasteiger partial charge in [0.25, 0.3) is 5.91 Å². The standard InChI is InChI=1S/C17H19ClN2O2/c1-3-14-10-20(6-7-22-14)17(21)15-9-12-8-13(18)4-5-16(12)19-11(15)2/h4-5,8-9,14H,3,6-7,10H2,1-2H3. The maximum Gasteiger partial charge on any atom is 0.255 e. The average Bonchev–Trinajstić information content (AvgIpc) is 2.54. The molecule has 22 heavy (non-hydrogen) atoms. The van der Waals surface area contributed by atoms with Crippen molar-refractivity contribution in [2.24, 2.45) is 0 Å². The summed E-state index contributed by atoms with van der Waals surface area (Å²) in [5, 5.41) is 1.54. The Morgan fingerprint density at radius 1 is 1.45 bits per heavy atom. The fraction of sp³-hybridized carbons (Fsp3) is 0.412. The minimum atomic E-state index is 0.0219. The van der Waals surface area contributed by atoms with E-state index in [0.717, 1.165) is 23.0 Å². The Labute approximate surface area is 135 Å². The predicted octanol–water partition coefficient (Wildman–Crippen LogP) is 3.45. The topological polar surface area (TPSA) is 42.4 Å². The number of aryl methyl sites for hydroxylation is 1. The molecule has 3 rings (SSSR count). The molecule has 0 bridgehead atoms. The summed E-state index contributed by atoms with van der Waals surface area (Å²) in [5.74, 6) is 0.0219. The molecule has 1 fully saturated rings. The second kappa shape index (κ2) is 6.23. The molecule has 0 aliphatic carbocycles. The highest BCUT2D eigenvalue weighted by Crippen LogP contribution is 2.22. The lowest BCUT2D eigenvalue weighted by Gasteiger charge is -2.32. The molecule has 0 saturated carbocycles. The quantitative estimate of drug-likeness (QED) is 0.851. The third-order valence-corrected chi connectivity index (χ3v) is 4.31. The molecule has 1 aromatic carbocycles. The largest absolute Gasteiger partial charge is 0.375 e. The number of aromatic nitrogens is 1.